The van der Waals surface area contributed by atoms with Gasteiger partial charge in [0.2, 0.25) is 0 Å². The first-order valence-corrected chi connectivity index (χ1v) is 16.1. The Morgan fingerprint density at radius 2 is 0.786 bits per heavy atom. The van der Waals surface area contributed by atoms with E-state index in [2.05, 4.69) is 0 Å². The Labute approximate surface area is 381 Å². The molecule has 1 aromatic heterocycles. The summed E-state index contributed by atoms with van der Waals surface area (Å²) < 4.78 is 345. The van der Waals surface area contributed by atoms with Gasteiger partial charge in [-0.3, -0.25) is 0 Å². The molecule has 9 aromatic carbocycles. The van der Waals surface area contributed by atoms with Crippen molar-refractivity contribution in [3.63, 3.8) is 0 Å². The molecule has 2 heteroatoms. The normalized spacial score (nSPS) is 20.7. The summed E-state index contributed by atoms with van der Waals surface area (Å²) in [6.45, 7) is 0. The lowest BCUT2D eigenvalue weighted by molar-refractivity contribution is 1.18. The summed E-state index contributed by atoms with van der Waals surface area (Å²) in [6, 6.07) is -44.6. The van der Waals surface area contributed by atoms with Crippen LogP contribution in [0.3, 0.4) is 0 Å². The number of benzene rings is 9. The third-order valence-corrected chi connectivity index (χ3v) is 8.12. The highest BCUT2D eigenvalue weighted by Gasteiger charge is 2.20. The SMILES string of the molecule is [2H]c1c([2H])c([2H])c(-c2c([2H])c([2H])c(N(c3c([2H])c([2H])c(-c4c([2H])c([2H])c([2H])c([2H])c4[2H])c([2H])c3[2H])c3c([2H])c([2H])c([2H])c([2H])c3-c3c([2H])c([2H])c([2H])c(-c4c([2H])c([2H])c([2H])c5c4c4c([2H])c([2H])c([2H])c([2H])c4n5-c4c([2H])c([2H])c([2H])c([2H])c4[2H])c3[2H])c([2H])c2[2H])c([2H])c1[2H]. The van der Waals surface area contributed by atoms with E-state index in [4.69, 9.17) is 26.0 Å². The number of fused-ring (bicyclic) bond motifs is 3. The summed E-state index contributed by atoms with van der Waals surface area (Å²) >= 11 is 0. The Bertz CT molecular complexity index is 4900. The molecule has 0 atom stereocenters. The van der Waals surface area contributed by atoms with Crippen LogP contribution in [0.15, 0.2) is 230 Å². The lowest BCUT2D eigenvalue weighted by atomic mass is 9.94. The summed E-state index contributed by atoms with van der Waals surface area (Å²) in [5.41, 5.74) is -15.1. The maximum absolute atomic E-state index is 10.2. The van der Waals surface area contributed by atoms with Crippen LogP contribution in [0.5, 0.6) is 0 Å². The fraction of sp³-hybridized carbons (Fsp3) is 0. The molecule has 10 rings (SSSR count). The first-order chi connectivity index (χ1) is 43.6. The zero-order valence-electron chi connectivity index (χ0n) is 65.9. The Kier molecular flexibility index (Phi) is 3.10. The fourth-order valence-corrected chi connectivity index (χ4v) is 5.76. The molecule has 264 valence electrons. The first kappa shape index (κ1) is 12.0. The van der Waals surface area contributed by atoms with Crippen molar-refractivity contribution in [2.75, 3.05) is 4.90 Å². The van der Waals surface area contributed by atoms with E-state index in [-0.39, 0.29) is 4.90 Å². The molecule has 0 N–H and O–H groups in total. The molecule has 0 aliphatic heterocycles. The first-order valence-electron chi connectivity index (χ1n) is 35.1. The van der Waals surface area contributed by atoms with Gasteiger partial charge in [0.1, 0.15) is 0 Å². The van der Waals surface area contributed by atoms with Crippen LogP contribution in [0.4, 0.5) is 17.1 Å². The molecule has 0 saturated carbocycles. The second-order valence-corrected chi connectivity index (χ2v) is 11.3. The van der Waals surface area contributed by atoms with Crippen molar-refractivity contribution in [3.8, 4) is 50.2 Å². The van der Waals surface area contributed by atoms with Gasteiger partial charge < -0.3 is 9.47 Å². The topological polar surface area (TPSA) is 8.17 Å². The zero-order chi connectivity index (χ0) is 70.3. The van der Waals surface area contributed by atoms with Gasteiger partial charge >= 0.3 is 0 Å². The van der Waals surface area contributed by atoms with Gasteiger partial charge in [-0.15, -0.1) is 0 Å². The number of hydrogen-bond donors (Lipinski definition) is 0. The van der Waals surface area contributed by atoms with Crippen molar-refractivity contribution in [1.29, 1.82) is 0 Å². The van der Waals surface area contributed by atoms with Crippen LogP contribution in [0, 0.1) is 0 Å². The van der Waals surface area contributed by atoms with Gasteiger partial charge in [0.15, 0.2) is 0 Å². The molecule has 0 amide bonds. The monoisotopic (exact) mass is 753 g/mol. The van der Waals surface area contributed by atoms with E-state index in [0.29, 0.717) is 4.57 Å². The Balaban J connectivity index is 1.45. The van der Waals surface area contributed by atoms with Crippen molar-refractivity contribution in [2.24, 2.45) is 0 Å². The molecule has 2 nitrogen and oxygen atoms in total. The number of aromatic nitrogens is 1. The van der Waals surface area contributed by atoms with Crippen molar-refractivity contribution < 1.29 is 52.1 Å². The van der Waals surface area contributed by atoms with E-state index in [1.807, 2.05) is 0 Å². The van der Waals surface area contributed by atoms with E-state index in [9.17, 15) is 26.0 Å². The van der Waals surface area contributed by atoms with Gasteiger partial charge in [-0.25, -0.2) is 0 Å². The van der Waals surface area contributed by atoms with Crippen LogP contribution in [0.2, 0.25) is 0 Å². The highest BCUT2D eigenvalue weighted by molar-refractivity contribution is 6.16. The Hall–Kier alpha value is -7.42. The smallest absolute Gasteiger partial charge is 0.0645 e. The van der Waals surface area contributed by atoms with Gasteiger partial charge in [0.25, 0.3) is 0 Å². The maximum atomic E-state index is 10.2. The molecular weight excluding hydrogens is 677 g/mol. The molecule has 10 aromatic rings. The molecule has 0 spiro atoms. The third kappa shape index (κ3) is 6.04. The lowest BCUT2D eigenvalue weighted by Crippen LogP contribution is -2.11. The van der Waals surface area contributed by atoms with Gasteiger partial charge in [0, 0.05) is 33.4 Å². The van der Waals surface area contributed by atoms with Crippen molar-refractivity contribution in [1.82, 2.24) is 4.57 Å². The number of para-hydroxylation sites is 3. The van der Waals surface area contributed by atoms with Crippen molar-refractivity contribution in [3.05, 3.63) is 230 Å². The van der Waals surface area contributed by atoms with Crippen LogP contribution >= 0.6 is 0 Å². The second-order valence-electron chi connectivity index (χ2n) is 11.3. The van der Waals surface area contributed by atoms with E-state index in [1.165, 1.54) is 0 Å². The standard InChI is InChI=1S/C54H38N2/c1-4-16-39(17-5-1)41-30-34-46(35-31-41)55(47-36-32-42(33-37-47)40-18-6-2-7-19-40)51-27-12-10-24-48(51)43-20-14-21-44(38-43)49-26-15-29-53-54(49)50-25-11-13-28-52(50)56(53)45-22-8-3-9-23-45/h1-38H/i1D,2D,3D,4D,5D,6D,7D,8D,9D,10D,11D,12D,13D,14D,15D,16D,17D,18D,19D,20D,21D,22D,23D,24D,25D,26D,27D,28D,29D,30D,31D,32D,33D,34D,35D,36D,37D,38D. The van der Waals surface area contributed by atoms with Gasteiger partial charge in [-0.1, -0.05) is 169 Å². The highest BCUT2D eigenvalue weighted by Crippen LogP contribution is 2.44. The molecule has 1 heterocycles. The quantitative estimate of drug-likeness (QED) is 0.150. The van der Waals surface area contributed by atoms with E-state index >= 15 is 0 Å². The van der Waals surface area contributed by atoms with Gasteiger partial charge in [0.05, 0.1) is 68.8 Å². The third-order valence-electron chi connectivity index (χ3n) is 8.12. The summed E-state index contributed by atoms with van der Waals surface area (Å²) in [7, 11) is 0. The average Bonchev–Trinajstić information content (AvgIpc) is 1.41. The predicted molar refractivity (Wildman–Crippen MR) is 237 cm³/mol. The van der Waals surface area contributed by atoms with Crippen LogP contribution < -0.4 is 4.90 Å². The molecule has 0 unspecified atom stereocenters. The number of hydrogen-bond acceptors (Lipinski definition) is 1. The van der Waals surface area contributed by atoms with Crippen LogP contribution in [0.25, 0.3) is 72.0 Å². The van der Waals surface area contributed by atoms with E-state index in [0.717, 1.165) is 0 Å². The molecule has 0 bridgehead atoms. The minimum absolute atomic E-state index is 0.179. The summed E-state index contributed by atoms with van der Waals surface area (Å²) in [6.07, 6.45) is 0. The van der Waals surface area contributed by atoms with Gasteiger partial charge in [-0.2, -0.15) is 0 Å². The molecular formula is C54H38N2. The largest absolute Gasteiger partial charge is 0.310 e. The average molecular weight is 753 g/mol. The Morgan fingerprint density at radius 3 is 1.43 bits per heavy atom. The molecule has 0 aliphatic carbocycles. The molecule has 0 radical (unpaired) electrons. The van der Waals surface area contributed by atoms with Crippen molar-refractivity contribution in [2.45, 2.75) is 0 Å². The second kappa shape index (κ2) is 14.4. The summed E-state index contributed by atoms with van der Waals surface area (Å²) in [4.78, 5) is 0.179. The lowest BCUT2D eigenvalue weighted by Gasteiger charge is -2.28. The number of anilines is 3. The Morgan fingerprint density at radius 1 is 0.339 bits per heavy atom. The molecule has 0 saturated heterocycles. The molecule has 0 aliphatic rings. The number of nitrogens with zero attached hydrogens (tertiary/aromatic N) is 2. The van der Waals surface area contributed by atoms with E-state index in [1.54, 1.807) is 0 Å². The minimum atomic E-state index is -1.44. The highest BCUT2D eigenvalue weighted by atomic mass is 15.1. The maximum Gasteiger partial charge on any atom is 0.0645 e. The van der Waals surface area contributed by atoms with Crippen LogP contribution in [-0.4, -0.2) is 4.57 Å². The minimum Gasteiger partial charge on any atom is -0.310 e. The zero-order valence-corrected chi connectivity index (χ0v) is 27.9. The van der Waals surface area contributed by atoms with E-state index < -0.39 is 319 Å². The van der Waals surface area contributed by atoms with Gasteiger partial charge in [-0.05, 0) is 99.4 Å². The van der Waals surface area contributed by atoms with Crippen LogP contribution in [0.1, 0.15) is 52.1 Å². The van der Waals surface area contributed by atoms with Crippen LogP contribution in [-0.2, 0) is 0 Å². The summed E-state index contributed by atoms with van der Waals surface area (Å²) in [5.74, 6) is 0. The number of rotatable bonds is 8. The summed E-state index contributed by atoms with van der Waals surface area (Å²) in [5, 5.41) is -1.56. The molecule has 56 heavy (non-hydrogen) atoms. The van der Waals surface area contributed by atoms with Crippen molar-refractivity contribution >= 4 is 38.9 Å². The molecule has 0 fully saturated rings. The fourth-order valence-electron chi connectivity index (χ4n) is 5.76. The predicted octanol–water partition coefficient (Wildman–Crippen LogP) is 14.9.